The van der Waals surface area contributed by atoms with Crippen LogP contribution >= 0.6 is 0 Å². The minimum atomic E-state index is -3.58. The number of carbonyl (C=O) groups is 1. The largest absolute Gasteiger partial charge is 0.497 e. The fourth-order valence-electron chi connectivity index (χ4n) is 3.04. The molecule has 1 saturated heterocycles. The Morgan fingerprint density at radius 1 is 1.19 bits per heavy atom. The van der Waals surface area contributed by atoms with Crippen LogP contribution in [0.2, 0.25) is 0 Å². The van der Waals surface area contributed by atoms with Crippen molar-refractivity contribution in [1.29, 1.82) is 0 Å². The molecule has 10 heteroatoms. The minimum absolute atomic E-state index is 0.00741. The van der Waals surface area contributed by atoms with E-state index in [2.05, 4.69) is 10.1 Å². The number of ether oxygens (including phenoxy) is 1. The molecule has 1 fully saturated rings. The van der Waals surface area contributed by atoms with Gasteiger partial charge in [-0.15, -0.1) is 0 Å². The number of methoxy groups -OCH3 is 1. The van der Waals surface area contributed by atoms with E-state index in [9.17, 15) is 13.2 Å². The van der Waals surface area contributed by atoms with Gasteiger partial charge in [-0.1, -0.05) is 6.92 Å². The maximum atomic E-state index is 12.8. The second-order valence-electron chi connectivity index (χ2n) is 6.42. The van der Waals surface area contributed by atoms with Gasteiger partial charge in [-0.3, -0.25) is 9.48 Å². The van der Waals surface area contributed by atoms with Crippen molar-refractivity contribution < 1.29 is 17.9 Å². The lowest BCUT2D eigenvalue weighted by Crippen LogP contribution is -2.51. The van der Waals surface area contributed by atoms with Crippen molar-refractivity contribution in [2.75, 3.05) is 33.3 Å². The Morgan fingerprint density at radius 3 is 2.41 bits per heavy atom. The molecule has 0 radical (unpaired) electrons. The van der Waals surface area contributed by atoms with E-state index in [-0.39, 0.29) is 29.8 Å². The summed E-state index contributed by atoms with van der Waals surface area (Å²) < 4.78 is 33.6. The summed E-state index contributed by atoms with van der Waals surface area (Å²) in [5, 5.41) is 4.01. The molecule has 1 aromatic carbocycles. The molecule has 0 spiro atoms. The Morgan fingerprint density at radius 2 is 1.85 bits per heavy atom. The lowest BCUT2D eigenvalue weighted by atomic mass is 10.1. The lowest BCUT2D eigenvalue weighted by molar-refractivity contribution is -0.136. The SMILES string of the molecule is COc1ccc(S(=O)(=O)N2CCN(C(=O)C(C)Cn3cncn3)CC2)cc1. The summed E-state index contributed by atoms with van der Waals surface area (Å²) in [5.74, 6) is 0.342. The second kappa shape index (κ2) is 8.05. The molecule has 1 amide bonds. The van der Waals surface area contributed by atoms with Crippen LogP contribution in [0, 0.1) is 5.92 Å². The minimum Gasteiger partial charge on any atom is -0.497 e. The molecule has 146 valence electrons. The van der Waals surface area contributed by atoms with Crippen LogP contribution in [-0.4, -0.2) is 71.6 Å². The first-order chi connectivity index (χ1) is 12.9. The summed E-state index contributed by atoms with van der Waals surface area (Å²) in [5.41, 5.74) is 0. The molecule has 0 bridgehead atoms. The second-order valence-corrected chi connectivity index (χ2v) is 8.36. The quantitative estimate of drug-likeness (QED) is 0.707. The van der Waals surface area contributed by atoms with E-state index in [0.717, 1.165) is 0 Å². The van der Waals surface area contributed by atoms with Gasteiger partial charge >= 0.3 is 0 Å². The summed E-state index contributed by atoms with van der Waals surface area (Å²) in [4.78, 5) is 18.4. The summed E-state index contributed by atoms with van der Waals surface area (Å²) >= 11 is 0. The number of aromatic nitrogens is 3. The van der Waals surface area contributed by atoms with Crippen LogP contribution in [0.3, 0.4) is 0 Å². The van der Waals surface area contributed by atoms with E-state index in [1.807, 2.05) is 6.92 Å². The summed E-state index contributed by atoms with van der Waals surface area (Å²) in [6.45, 7) is 3.58. The van der Waals surface area contributed by atoms with Gasteiger partial charge in [-0.2, -0.15) is 9.40 Å². The van der Waals surface area contributed by atoms with Gasteiger partial charge < -0.3 is 9.64 Å². The Bertz CT molecular complexity index is 859. The Balaban J connectivity index is 1.59. The first kappa shape index (κ1) is 19.3. The van der Waals surface area contributed by atoms with Gasteiger partial charge in [0.2, 0.25) is 15.9 Å². The number of hydrogen-bond donors (Lipinski definition) is 0. The van der Waals surface area contributed by atoms with Crippen molar-refractivity contribution >= 4 is 15.9 Å². The summed E-state index contributed by atoms with van der Waals surface area (Å²) in [6, 6.07) is 6.31. The third-order valence-electron chi connectivity index (χ3n) is 4.60. The highest BCUT2D eigenvalue weighted by Crippen LogP contribution is 2.21. The van der Waals surface area contributed by atoms with Crippen molar-refractivity contribution in [2.45, 2.75) is 18.4 Å². The van der Waals surface area contributed by atoms with Crippen LogP contribution in [0.25, 0.3) is 0 Å². The molecular weight excluding hydrogens is 370 g/mol. The molecule has 1 unspecified atom stereocenters. The highest BCUT2D eigenvalue weighted by Gasteiger charge is 2.31. The summed E-state index contributed by atoms with van der Waals surface area (Å²) in [7, 11) is -2.05. The zero-order valence-corrected chi connectivity index (χ0v) is 16.2. The molecule has 2 heterocycles. The van der Waals surface area contributed by atoms with Gasteiger partial charge in [0.1, 0.15) is 18.4 Å². The van der Waals surface area contributed by atoms with Crippen molar-refractivity contribution in [2.24, 2.45) is 5.92 Å². The number of piperazine rings is 1. The fourth-order valence-corrected chi connectivity index (χ4v) is 4.47. The molecular formula is C17H23N5O4S. The normalized spacial score (nSPS) is 16.9. The lowest BCUT2D eigenvalue weighted by Gasteiger charge is -2.35. The maximum Gasteiger partial charge on any atom is 0.243 e. The van der Waals surface area contributed by atoms with E-state index >= 15 is 0 Å². The predicted octanol–water partition coefficient (Wildman–Crippen LogP) is 0.456. The third kappa shape index (κ3) is 4.28. The number of nitrogens with zero attached hydrogens (tertiary/aromatic N) is 5. The molecule has 0 aliphatic carbocycles. The molecule has 1 aliphatic rings. The van der Waals surface area contributed by atoms with Crippen LogP contribution in [-0.2, 0) is 21.4 Å². The van der Waals surface area contributed by atoms with Crippen molar-refractivity contribution in [3.8, 4) is 5.75 Å². The highest BCUT2D eigenvalue weighted by atomic mass is 32.2. The summed E-state index contributed by atoms with van der Waals surface area (Å²) in [6.07, 6.45) is 3.00. The van der Waals surface area contributed by atoms with E-state index < -0.39 is 10.0 Å². The maximum absolute atomic E-state index is 12.8. The van der Waals surface area contributed by atoms with Crippen molar-refractivity contribution in [3.05, 3.63) is 36.9 Å². The first-order valence-corrected chi connectivity index (χ1v) is 10.1. The van der Waals surface area contributed by atoms with Gasteiger partial charge in [0.15, 0.2) is 0 Å². The zero-order chi connectivity index (χ0) is 19.4. The van der Waals surface area contributed by atoms with Crippen molar-refractivity contribution in [3.63, 3.8) is 0 Å². The van der Waals surface area contributed by atoms with Gasteiger partial charge in [-0.25, -0.2) is 13.4 Å². The fraction of sp³-hybridized carbons (Fsp3) is 0.471. The van der Waals surface area contributed by atoms with Crippen LogP contribution in [0.5, 0.6) is 5.75 Å². The van der Waals surface area contributed by atoms with E-state index in [1.165, 1.54) is 29.9 Å². The van der Waals surface area contributed by atoms with Gasteiger partial charge in [0, 0.05) is 26.2 Å². The Labute approximate surface area is 158 Å². The molecule has 3 rings (SSSR count). The third-order valence-corrected chi connectivity index (χ3v) is 6.51. The number of carbonyl (C=O) groups excluding carboxylic acids is 1. The van der Waals surface area contributed by atoms with E-state index in [0.29, 0.717) is 25.4 Å². The number of amides is 1. The highest BCUT2D eigenvalue weighted by molar-refractivity contribution is 7.89. The molecule has 0 N–H and O–H groups in total. The molecule has 1 atom stereocenters. The van der Waals surface area contributed by atoms with Gasteiger partial charge in [0.25, 0.3) is 0 Å². The topological polar surface area (TPSA) is 97.6 Å². The molecule has 1 aliphatic heterocycles. The van der Waals surface area contributed by atoms with E-state index in [1.54, 1.807) is 28.0 Å². The molecule has 1 aromatic heterocycles. The number of benzene rings is 1. The van der Waals surface area contributed by atoms with Gasteiger partial charge in [-0.05, 0) is 24.3 Å². The van der Waals surface area contributed by atoms with Crippen LogP contribution < -0.4 is 4.74 Å². The van der Waals surface area contributed by atoms with Crippen molar-refractivity contribution in [1.82, 2.24) is 24.0 Å². The predicted molar refractivity (Wildman–Crippen MR) is 97.5 cm³/mol. The molecule has 9 nitrogen and oxygen atoms in total. The first-order valence-electron chi connectivity index (χ1n) is 8.67. The Hall–Kier alpha value is -2.46. The van der Waals surface area contributed by atoms with E-state index in [4.69, 9.17) is 4.74 Å². The van der Waals surface area contributed by atoms with Crippen LogP contribution in [0.1, 0.15) is 6.92 Å². The standard InChI is InChI=1S/C17H23N5O4S/c1-14(11-21-13-18-12-19-21)17(23)20-7-9-22(10-8-20)27(24,25)16-5-3-15(26-2)4-6-16/h3-6,12-14H,7-11H2,1-2H3. The van der Waals surface area contributed by atoms with Gasteiger partial charge in [0.05, 0.1) is 24.5 Å². The number of sulfonamides is 1. The van der Waals surface area contributed by atoms with Crippen LogP contribution in [0.15, 0.2) is 41.8 Å². The van der Waals surface area contributed by atoms with Crippen LogP contribution in [0.4, 0.5) is 0 Å². The number of hydrogen-bond acceptors (Lipinski definition) is 6. The monoisotopic (exact) mass is 393 g/mol. The number of rotatable bonds is 6. The smallest absolute Gasteiger partial charge is 0.243 e. The molecule has 27 heavy (non-hydrogen) atoms. The zero-order valence-electron chi connectivity index (χ0n) is 15.4. The average molecular weight is 393 g/mol. The molecule has 2 aromatic rings. The average Bonchev–Trinajstić information content (AvgIpc) is 3.20. The Kier molecular flexibility index (Phi) is 5.76. The molecule has 0 saturated carbocycles.